The lowest BCUT2D eigenvalue weighted by molar-refractivity contribution is -0.146. The first-order valence-electron chi connectivity index (χ1n) is 6.04. The molecule has 1 atom stereocenters. The van der Waals surface area contributed by atoms with Gasteiger partial charge in [0.2, 0.25) is 11.8 Å². The van der Waals surface area contributed by atoms with Crippen molar-refractivity contribution >= 4 is 35.0 Å². The van der Waals surface area contributed by atoms with Gasteiger partial charge in [-0.25, -0.2) is 0 Å². The Labute approximate surface area is 121 Å². The third-order valence-corrected chi connectivity index (χ3v) is 3.74. The van der Waals surface area contributed by atoms with E-state index in [4.69, 9.17) is 23.2 Å². The molecule has 0 aliphatic carbocycles. The molecule has 2 rings (SSSR count). The van der Waals surface area contributed by atoms with E-state index in [9.17, 15) is 9.59 Å². The SMILES string of the molecule is CCC1C(=O)NCC(=O)N1Cc1ccc(Cl)cc1Cl. The van der Waals surface area contributed by atoms with Crippen molar-refractivity contribution in [1.82, 2.24) is 10.2 Å². The highest BCUT2D eigenvalue weighted by Crippen LogP contribution is 2.24. The summed E-state index contributed by atoms with van der Waals surface area (Å²) in [4.78, 5) is 25.2. The second-order valence-electron chi connectivity index (χ2n) is 4.40. The molecule has 0 spiro atoms. The topological polar surface area (TPSA) is 49.4 Å². The summed E-state index contributed by atoms with van der Waals surface area (Å²) in [6.45, 7) is 2.24. The highest BCUT2D eigenvalue weighted by Gasteiger charge is 2.33. The van der Waals surface area contributed by atoms with Gasteiger partial charge in [0.05, 0.1) is 6.54 Å². The molecule has 2 amide bonds. The second kappa shape index (κ2) is 5.80. The predicted octanol–water partition coefficient (Wildman–Crippen LogP) is 2.23. The molecule has 1 saturated heterocycles. The molecular formula is C13H14Cl2N2O2. The van der Waals surface area contributed by atoms with Gasteiger partial charge < -0.3 is 10.2 Å². The summed E-state index contributed by atoms with van der Waals surface area (Å²) < 4.78 is 0. The lowest BCUT2D eigenvalue weighted by Crippen LogP contribution is -2.57. The summed E-state index contributed by atoms with van der Waals surface area (Å²) >= 11 is 11.9. The van der Waals surface area contributed by atoms with Crippen LogP contribution in [0.1, 0.15) is 18.9 Å². The van der Waals surface area contributed by atoms with E-state index >= 15 is 0 Å². The largest absolute Gasteiger partial charge is 0.345 e. The van der Waals surface area contributed by atoms with Crippen molar-refractivity contribution in [3.63, 3.8) is 0 Å². The van der Waals surface area contributed by atoms with Gasteiger partial charge in [0.1, 0.15) is 6.04 Å². The van der Waals surface area contributed by atoms with Crippen molar-refractivity contribution in [1.29, 1.82) is 0 Å². The predicted molar refractivity (Wildman–Crippen MR) is 74.1 cm³/mol. The van der Waals surface area contributed by atoms with Crippen molar-refractivity contribution in [2.75, 3.05) is 6.54 Å². The molecule has 1 N–H and O–H groups in total. The fourth-order valence-electron chi connectivity index (χ4n) is 2.14. The van der Waals surface area contributed by atoms with Crippen LogP contribution in [0.4, 0.5) is 0 Å². The van der Waals surface area contributed by atoms with E-state index in [1.807, 2.05) is 6.92 Å². The number of nitrogens with zero attached hydrogens (tertiary/aromatic N) is 1. The number of hydrogen-bond donors (Lipinski definition) is 1. The van der Waals surface area contributed by atoms with E-state index in [0.717, 1.165) is 5.56 Å². The normalized spacial score (nSPS) is 19.5. The number of carbonyl (C=O) groups is 2. The molecule has 19 heavy (non-hydrogen) atoms. The number of benzene rings is 1. The standard InChI is InChI=1S/C13H14Cl2N2O2/c1-2-11-13(19)16-6-12(18)17(11)7-8-3-4-9(14)5-10(8)15/h3-5,11H,2,6-7H2,1H3,(H,16,19). The molecule has 4 nitrogen and oxygen atoms in total. The first-order valence-corrected chi connectivity index (χ1v) is 6.79. The first-order chi connectivity index (χ1) is 9.02. The quantitative estimate of drug-likeness (QED) is 0.930. The monoisotopic (exact) mass is 300 g/mol. The maximum absolute atomic E-state index is 11.9. The Bertz CT molecular complexity index is 519. The van der Waals surface area contributed by atoms with Crippen LogP contribution in [-0.4, -0.2) is 29.3 Å². The molecule has 0 radical (unpaired) electrons. The van der Waals surface area contributed by atoms with Crippen molar-refractivity contribution in [3.8, 4) is 0 Å². The minimum Gasteiger partial charge on any atom is -0.345 e. The highest BCUT2D eigenvalue weighted by molar-refractivity contribution is 6.35. The molecule has 1 heterocycles. The Morgan fingerprint density at radius 1 is 1.37 bits per heavy atom. The summed E-state index contributed by atoms with van der Waals surface area (Å²) in [6.07, 6.45) is 0.572. The third-order valence-electron chi connectivity index (χ3n) is 3.16. The number of nitrogens with one attached hydrogen (secondary N) is 1. The zero-order chi connectivity index (χ0) is 14.0. The van der Waals surface area contributed by atoms with Gasteiger partial charge in [-0.2, -0.15) is 0 Å². The highest BCUT2D eigenvalue weighted by atomic mass is 35.5. The van der Waals surface area contributed by atoms with Crippen LogP contribution >= 0.6 is 23.2 Å². The van der Waals surface area contributed by atoms with Crippen molar-refractivity contribution < 1.29 is 9.59 Å². The molecule has 0 aromatic heterocycles. The lowest BCUT2D eigenvalue weighted by Gasteiger charge is -2.34. The van der Waals surface area contributed by atoms with Crippen molar-refractivity contribution in [2.24, 2.45) is 0 Å². The van der Waals surface area contributed by atoms with Gasteiger partial charge in [0.15, 0.2) is 0 Å². The fourth-order valence-corrected chi connectivity index (χ4v) is 2.60. The van der Waals surface area contributed by atoms with Crippen LogP contribution in [0.15, 0.2) is 18.2 Å². The molecule has 1 aliphatic rings. The van der Waals surface area contributed by atoms with Crippen molar-refractivity contribution in [2.45, 2.75) is 25.9 Å². The number of carbonyl (C=O) groups excluding carboxylic acids is 2. The average molecular weight is 301 g/mol. The molecule has 6 heteroatoms. The summed E-state index contributed by atoms with van der Waals surface area (Å²) in [5.41, 5.74) is 0.785. The van der Waals surface area contributed by atoms with Gasteiger partial charge in [-0.05, 0) is 24.1 Å². The number of rotatable bonds is 3. The van der Waals surface area contributed by atoms with Crippen molar-refractivity contribution in [3.05, 3.63) is 33.8 Å². The van der Waals surface area contributed by atoms with Gasteiger partial charge in [0, 0.05) is 16.6 Å². The van der Waals surface area contributed by atoms with E-state index < -0.39 is 6.04 Å². The van der Waals surface area contributed by atoms with E-state index in [0.29, 0.717) is 23.0 Å². The molecule has 1 aromatic rings. The maximum Gasteiger partial charge on any atom is 0.243 e. The fraction of sp³-hybridized carbons (Fsp3) is 0.385. The lowest BCUT2D eigenvalue weighted by atomic mass is 10.1. The number of amides is 2. The van der Waals surface area contributed by atoms with Crippen LogP contribution in [0.5, 0.6) is 0 Å². The number of hydrogen-bond acceptors (Lipinski definition) is 2. The smallest absolute Gasteiger partial charge is 0.243 e. The minimum atomic E-state index is -0.437. The molecular weight excluding hydrogens is 287 g/mol. The zero-order valence-electron chi connectivity index (χ0n) is 10.5. The van der Waals surface area contributed by atoms with Gasteiger partial charge in [-0.15, -0.1) is 0 Å². The molecule has 102 valence electrons. The summed E-state index contributed by atoms with van der Waals surface area (Å²) in [7, 11) is 0. The number of halogens is 2. The Balaban J connectivity index is 2.23. The van der Waals surface area contributed by atoms with Gasteiger partial charge in [-0.3, -0.25) is 9.59 Å². The molecule has 0 saturated carbocycles. The molecule has 1 fully saturated rings. The summed E-state index contributed by atoms with van der Waals surface area (Å²) in [5.74, 6) is -0.218. The molecule has 1 aromatic carbocycles. The Morgan fingerprint density at radius 2 is 2.11 bits per heavy atom. The van der Waals surface area contributed by atoms with E-state index in [1.165, 1.54) is 0 Å². The summed E-state index contributed by atoms with van der Waals surface area (Å²) in [5, 5.41) is 3.63. The molecule has 1 unspecified atom stereocenters. The summed E-state index contributed by atoms with van der Waals surface area (Å²) in [6, 6.07) is 4.69. The maximum atomic E-state index is 11.9. The minimum absolute atomic E-state index is 0.0422. The van der Waals surface area contributed by atoms with Crippen LogP contribution in [0.3, 0.4) is 0 Å². The Hall–Kier alpha value is -1.26. The van der Waals surface area contributed by atoms with Crippen LogP contribution in [0, 0.1) is 0 Å². The Morgan fingerprint density at radius 3 is 2.74 bits per heavy atom. The number of piperazine rings is 1. The van der Waals surface area contributed by atoms with Gasteiger partial charge in [0.25, 0.3) is 0 Å². The van der Waals surface area contributed by atoms with Crippen LogP contribution < -0.4 is 5.32 Å². The van der Waals surface area contributed by atoms with E-state index in [-0.39, 0.29) is 18.4 Å². The van der Waals surface area contributed by atoms with Crippen LogP contribution in [-0.2, 0) is 16.1 Å². The van der Waals surface area contributed by atoms with Gasteiger partial charge >= 0.3 is 0 Å². The van der Waals surface area contributed by atoms with E-state index in [2.05, 4.69) is 5.32 Å². The average Bonchev–Trinajstić information content (AvgIpc) is 2.37. The molecule has 1 aliphatic heterocycles. The van der Waals surface area contributed by atoms with Crippen LogP contribution in [0.25, 0.3) is 0 Å². The Kier molecular flexibility index (Phi) is 4.32. The second-order valence-corrected chi connectivity index (χ2v) is 5.24. The first kappa shape index (κ1) is 14.2. The third kappa shape index (κ3) is 3.01. The van der Waals surface area contributed by atoms with E-state index in [1.54, 1.807) is 23.1 Å². The van der Waals surface area contributed by atoms with Gasteiger partial charge in [-0.1, -0.05) is 36.2 Å². The zero-order valence-corrected chi connectivity index (χ0v) is 12.0. The molecule has 0 bridgehead atoms. The van der Waals surface area contributed by atoms with Crippen LogP contribution in [0.2, 0.25) is 10.0 Å².